The molecular formula is C3H4NO3S-. The topological polar surface area (TPSA) is 63.2 Å². The first-order valence-electron chi connectivity index (χ1n) is 2.12. The SMILES string of the molecule is O=C1CCS[N+]1([O-])[O-]. The van der Waals surface area contributed by atoms with Crippen LogP contribution in [-0.2, 0) is 4.79 Å². The van der Waals surface area contributed by atoms with Crippen LogP contribution in [0.5, 0.6) is 0 Å². The van der Waals surface area contributed by atoms with Crippen LogP contribution >= 0.6 is 11.9 Å². The smallest absolute Gasteiger partial charge is 0.326 e. The van der Waals surface area contributed by atoms with E-state index in [0.717, 1.165) is 0 Å². The molecule has 1 saturated heterocycles. The monoisotopic (exact) mass is 134 g/mol. The molecule has 0 bridgehead atoms. The number of nitrogens with zero attached hydrogens (tertiary/aromatic N) is 1. The largest absolute Gasteiger partial charge is 0.612 e. The van der Waals surface area contributed by atoms with Crippen LogP contribution in [0.2, 0.25) is 0 Å². The van der Waals surface area contributed by atoms with Gasteiger partial charge in [-0.2, -0.15) is 0 Å². The lowest BCUT2D eigenvalue weighted by molar-refractivity contribution is -0.593. The standard InChI is InChI=1S/C3H4NO3S/c5-3-1-2-8-4(3,6)7/h1-2H2/q-1. The zero-order valence-electron chi connectivity index (χ0n) is 3.99. The van der Waals surface area contributed by atoms with E-state index in [1.807, 2.05) is 0 Å². The number of rotatable bonds is 0. The molecule has 0 radical (unpaired) electrons. The van der Waals surface area contributed by atoms with Gasteiger partial charge in [0.2, 0.25) is 0 Å². The molecular weight excluding hydrogens is 130 g/mol. The molecule has 1 rings (SSSR count). The van der Waals surface area contributed by atoms with Crippen LogP contribution in [0.3, 0.4) is 0 Å². The van der Waals surface area contributed by atoms with Crippen LogP contribution in [0.4, 0.5) is 0 Å². The van der Waals surface area contributed by atoms with Gasteiger partial charge in [0, 0.05) is 0 Å². The number of carbonyl (C=O) groups is 1. The lowest BCUT2D eigenvalue weighted by Gasteiger charge is -2.35. The maximum atomic E-state index is 10.2. The molecule has 0 aromatic carbocycles. The van der Waals surface area contributed by atoms with E-state index in [1.54, 1.807) is 0 Å². The predicted molar refractivity (Wildman–Crippen MR) is 29.1 cm³/mol. The Kier molecular flexibility index (Phi) is 1.28. The lowest BCUT2D eigenvalue weighted by Crippen LogP contribution is -2.28. The Hall–Kier alpha value is -0.100. The van der Waals surface area contributed by atoms with Crippen LogP contribution in [-0.4, -0.2) is 15.9 Å². The molecule has 0 unspecified atom stereocenters. The van der Waals surface area contributed by atoms with Gasteiger partial charge in [0.15, 0.2) is 0 Å². The first kappa shape index (κ1) is 6.03. The zero-order chi connectivity index (χ0) is 6.20. The predicted octanol–water partition coefficient (Wildman–Crippen LogP) is 0.377. The fourth-order valence-corrected chi connectivity index (χ4v) is 1.20. The quantitative estimate of drug-likeness (QED) is 0.273. The van der Waals surface area contributed by atoms with E-state index in [0.29, 0.717) is 17.7 Å². The van der Waals surface area contributed by atoms with Crippen LogP contribution in [0.15, 0.2) is 0 Å². The van der Waals surface area contributed by atoms with Gasteiger partial charge in [-0.25, -0.2) is 4.79 Å². The molecule has 1 amide bonds. The Balaban J connectivity index is 2.68. The van der Waals surface area contributed by atoms with E-state index in [-0.39, 0.29) is 6.42 Å². The fourth-order valence-electron chi connectivity index (χ4n) is 0.462. The number of quaternary nitrogens is 1. The highest BCUT2D eigenvalue weighted by molar-refractivity contribution is 7.94. The molecule has 0 spiro atoms. The maximum absolute atomic E-state index is 10.2. The first-order chi connectivity index (χ1) is 3.63. The van der Waals surface area contributed by atoms with Crippen LogP contribution in [0.25, 0.3) is 0 Å². The summed E-state index contributed by atoms with van der Waals surface area (Å²) in [6, 6.07) is 0. The molecule has 0 N–H and O–H groups in total. The number of hydrogen-bond acceptors (Lipinski definition) is 4. The Morgan fingerprint density at radius 1 is 1.62 bits per heavy atom. The van der Waals surface area contributed by atoms with Gasteiger partial charge in [0.25, 0.3) is 0 Å². The minimum Gasteiger partial charge on any atom is -0.612 e. The summed E-state index contributed by atoms with van der Waals surface area (Å²) in [6.07, 6.45) is 0.123. The van der Waals surface area contributed by atoms with Crippen molar-refractivity contribution in [1.82, 2.24) is 0 Å². The highest BCUT2D eigenvalue weighted by atomic mass is 32.2. The molecule has 46 valence electrons. The Morgan fingerprint density at radius 3 is 2.38 bits per heavy atom. The molecule has 0 aromatic heterocycles. The molecule has 4 nitrogen and oxygen atoms in total. The van der Waals surface area contributed by atoms with Gasteiger partial charge in [0.1, 0.15) is 0 Å². The number of amides is 1. The third-order valence-corrected chi connectivity index (χ3v) is 1.81. The minimum atomic E-state index is -1.99. The summed E-state index contributed by atoms with van der Waals surface area (Å²) >= 11 is 0.584. The van der Waals surface area contributed by atoms with Gasteiger partial charge in [-0.15, -0.1) is 0 Å². The van der Waals surface area contributed by atoms with E-state index in [9.17, 15) is 15.2 Å². The number of hydroxylamine groups is 2. The fraction of sp³-hybridized carbons (Fsp3) is 0.667. The van der Waals surface area contributed by atoms with Crippen molar-refractivity contribution in [3.63, 3.8) is 0 Å². The number of carbonyl (C=O) groups excluding carboxylic acids is 1. The normalized spacial score (nSPS) is 26.5. The first-order valence-corrected chi connectivity index (χ1v) is 3.06. The molecule has 1 aliphatic rings. The van der Waals surface area contributed by atoms with Crippen molar-refractivity contribution in [2.75, 3.05) is 5.75 Å². The summed E-state index contributed by atoms with van der Waals surface area (Å²) in [4.78, 5) is 10.2. The average molecular weight is 134 g/mol. The summed E-state index contributed by atoms with van der Waals surface area (Å²) < 4.78 is -1.99. The van der Waals surface area contributed by atoms with Crippen LogP contribution in [0.1, 0.15) is 6.42 Å². The molecule has 0 aliphatic carbocycles. The van der Waals surface area contributed by atoms with E-state index < -0.39 is 10.1 Å². The van der Waals surface area contributed by atoms with Crippen molar-refractivity contribution >= 4 is 17.9 Å². The second-order valence-corrected chi connectivity index (χ2v) is 2.62. The molecule has 0 atom stereocenters. The Morgan fingerprint density at radius 2 is 2.25 bits per heavy atom. The van der Waals surface area contributed by atoms with Crippen LogP contribution < -0.4 is 0 Å². The average Bonchev–Trinajstić information content (AvgIpc) is 1.86. The second kappa shape index (κ2) is 1.70. The molecule has 8 heavy (non-hydrogen) atoms. The van der Waals surface area contributed by atoms with Crippen molar-refractivity contribution in [2.24, 2.45) is 0 Å². The molecule has 0 aromatic rings. The van der Waals surface area contributed by atoms with Crippen molar-refractivity contribution in [2.45, 2.75) is 6.42 Å². The molecule has 0 saturated carbocycles. The van der Waals surface area contributed by atoms with Gasteiger partial charge in [-0.05, 0) is 0 Å². The van der Waals surface area contributed by atoms with Gasteiger partial charge in [0.05, 0.1) is 24.1 Å². The summed E-state index contributed by atoms with van der Waals surface area (Å²) in [7, 11) is 0. The van der Waals surface area contributed by atoms with Crippen LogP contribution in [0, 0.1) is 10.4 Å². The van der Waals surface area contributed by atoms with Gasteiger partial charge >= 0.3 is 5.91 Å². The van der Waals surface area contributed by atoms with Crippen molar-refractivity contribution in [3.8, 4) is 0 Å². The van der Waals surface area contributed by atoms with Gasteiger partial charge < -0.3 is 10.4 Å². The Bertz CT molecular complexity index is 124. The molecule has 5 heteroatoms. The molecule has 1 heterocycles. The third kappa shape index (κ3) is 0.851. The summed E-state index contributed by atoms with van der Waals surface area (Å²) in [6.45, 7) is 0. The van der Waals surface area contributed by atoms with E-state index >= 15 is 0 Å². The van der Waals surface area contributed by atoms with Gasteiger partial charge in [-0.1, -0.05) is 0 Å². The molecule has 1 fully saturated rings. The highest BCUT2D eigenvalue weighted by Gasteiger charge is 2.27. The summed E-state index contributed by atoms with van der Waals surface area (Å²) in [5, 5.41) is 20.5. The lowest BCUT2D eigenvalue weighted by atomic mass is 10.5. The van der Waals surface area contributed by atoms with Gasteiger partial charge in [-0.3, -0.25) is 4.21 Å². The zero-order valence-corrected chi connectivity index (χ0v) is 4.81. The van der Waals surface area contributed by atoms with E-state index in [4.69, 9.17) is 0 Å². The summed E-state index contributed by atoms with van der Waals surface area (Å²) in [5.41, 5.74) is 0. The van der Waals surface area contributed by atoms with Crippen molar-refractivity contribution < 1.29 is 9.01 Å². The highest BCUT2D eigenvalue weighted by Crippen LogP contribution is 2.28. The van der Waals surface area contributed by atoms with Crippen molar-refractivity contribution in [3.05, 3.63) is 10.4 Å². The second-order valence-electron chi connectivity index (χ2n) is 1.47. The third-order valence-electron chi connectivity index (χ3n) is 0.883. The molecule has 1 aliphatic heterocycles. The maximum Gasteiger partial charge on any atom is 0.326 e. The minimum absolute atomic E-state index is 0.123. The summed E-state index contributed by atoms with van der Waals surface area (Å²) in [5.74, 6) is -0.402. The van der Waals surface area contributed by atoms with E-state index in [2.05, 4.69) is 0 Å². The van der Waals surface area contributed by atoms with E-state index in [1.165, 1.54) is 0 Å². The Labute approximate surface area is 50.3 Å². The number of hydrogen-bond donors (Lipinski definition) is 0. The van der Waals surface area contributed by atoms with Crippen molar-refractivity contribution in [1.29, 1.82) is 0 Å².